The highest BCUT2D eigenvalue weighted by atomic mass is 32.2. The molecule has 1 amide bonds. The normalized spacial score (nSPS) is 25.0. The number of halogens is 1. The standard InChI is InChI=1S/C32H35FN2O4S/c1-2-39-29-11-13-30(14-12-29)40(37,38)35(28-9-5-26(33)6-10-28)21-31(36)34-27-7-3-25(4-8-27)32-18-22-15-23(19-32)17-24(16-22)20-32/h3-14,22-24H,2,15-21H2,1H3,(H,34,36). The van der Waals surface area contributed by atoms with Crippen LogP contribution in [0.1, 0.15) is 51.0 Å². The minimum Gasteiger partial charge on any atom is -0.494 e. The summed E-state index contributed by atoms with van der Waals surface area (Å²) in [5, 5.41) is 2.86. The lowest BCUT2D eigenvalue weighted by molar-refractivity contribution is -0.114. The number of rotatable bonds is 9. The van der Waals surface area contributed by atoms with Crippen LogP contribution in [0.15, 0.2) is 77.7 Å². The predicted octanol–water partition coefficient (Wildman–Crippen LogP) is 6.53. The molecule has 0 aromatic heterocycles. The molecule has 4 saturated carbocycles. The van der Waals surface area contributed by atoms with Crippen LogP contribution in [-0.4, -0.2) is 27.5 Å². The Hall–Kier alpha value is -3.39. The van der Waals surface area contributed by atoms with Crippen LogP contribution in [0, 0.1) is 23.6 Å². The Morgan fingerprint density at radius 1 is 0.900 bits per heavy atom. The molecule has 7 rings (SSSR count). The third kappa shape index (κ3) is 5.21. The van der Waals surface area contributed by atoms with Gasteiger partial charge in [-0.05, 0) is 135 Å². The molecule has 6 nitrogen and oxygen atoms in total. The molecule has 0 radical (unpaired) electrons. The van der Waals surface area contributed by atoms with Gasteiger partial charge in [0, 0.05) is 5.69 Å². The maximum atomic E-state index is 13.6. The Balaban J connectivity index is 1.20. The molecule has 4 aliphatic carbocycles. The van der Waals surface area contributed by atoms with E-state index in [4.69, 9.17) is 4.74 Å². The van der Waals surface area contributed by atoms with Gasteiger partial charge in [0.1, 0.15) is 18.1 Å². The van der Waals surface area contributed by atoms with Gasteiger partial charge in [0.15, 0.2) is 0 Å². The maximum absolute atomic E-state index is 13.6. The molecule has 4 bridgehead atoms. The number of hydrogen-bond donors (Lipinski definition) is 1. The summed E-state index contributed by atoms with van der Waals surface area (Å²) in [6.07, 6.45) is 7.95. The third-order valence-corrected chi connectivity index (χ3v) is 10.7. The van der Waals surface area contributed by atoms with E-state index in [1.165, 1.54) is 80.5 Å². The highest BCUT2D eigenvalue weighted by Crippen LogP contribution is 2.60. The highest BCUT2D eigenvalue weighted by Gasteiger charge is 2.51. The summed E-state index contributed by atoms with van der Waals surface area (Å²) in [7, 11) is -4.12. The van der Waals surface area contributed by atoms with Gasteiger partial charge < -0.3 is 10.1 Å². The number of carbonyl (C=O) groups is 1. The quantitative estimate of drug-likeness (QED) is 0.322. The molecule has 4 aliphatic rings. The van der Waals surface area contributed by atoms with Gasteiger partial charge in [-0.25, -0.2) is 12.8 Å². The Morgan fingerprint density at radius 3 is 2.02 bits per heavy atom. The van der Waals surface area contributed by atoms with E-state index in [0.29, 0.717) is 18.0 Å². The van der Waals surface area contributed by atoms with Crippen molar-refractivity contribution in [2.45, 2.75) is 55.8 Å². The molecule has 0 unspecified atom stereocenters. The van der Waals surface area contributed by atoms with E-state index < -0.39 is 28.3 Å². The van der Waals surface area contributed by atoms with Crippen molar-refractivity contribution in [3.8, 4) is 5.75 Å². The fraction of sp³-hybridized carbons (Fsp3) is 0.406. The summed E-state index contributed by atoms with van der Waals surface area (Å²) >= 11 is 0. The Bertz CT molecular complexity index is 1440. The lowest BCUT2D eigenvalue weighted by Gasteiger charge is -2.57. The van der Waals surface area contributed by atoms with E-state index in [1.54, 1.807) is 12.1 Å². The van der Waals surface area contributed by atoms with Crippen LogP contribution in [0.5, 0.6) is 5.75 Å². The summed E-state index contributed by atoms with van der Waals surface area (Å²) in [6.45, 7) is 1.84. The number of hydrogen-bond acceptors (Lipinski definition) is 4. The molecule has 3 aromatic rings. The largest absolute Gasteiger partial charge is 0.494 e. The lowest BCUT2D eigenvalue weighted by atomic mass is 9.48. The minimum absolute atomic E-state index is 0.00741. The molecular weight excluding hydrogens is 527 g/mol. The van der Waals surface area contributed by atoms with Gasteiger partial charge in [0.2, 0.25) is 5.91 Å². The van der Waals surface area contributed by atoms with Crippen LogP contribution in [0.25, 0.3) is 0 Å². The molecule has 0 spiro atoms. The number of ether oxygens (including phenoxy) is 1. The summed E-state index contributed by atoms with van der Waals surface area (Å²) in [5.41, 5.74) is 2.44. The van der Waals surface area contributed by atoms with Crippen molar-refractivity contribution in [1.29, 1.82) is 0 Å². The highest BCUT2D eigenvalue weighted by molar-refractivity contribution is 7.92. The lowest BCUT2D eigenvalue weighted by Crippen LogP contribution is -2.48. The average Bonchev–Trinajstić information content (AvgIpc) is 2.92. The first kappa shape index (κ1) is 26.8. The molecule has 3 aromatic carbocycles. The average molecular weight is 563 g/mol. The van der Waals surface area contributed by atoms with Crippen molar-refractivity contribution < 1.29 is 22.3 Å². The van der Waals surface area contributed by atoms with Gasteiger partial charge in [-0.1, -0.05) is 12.1 Å². The monoisotopic (exact) mass is 562 g/mol. The molecule has 0 saturated heterocycles. The van der Waals surface area contributed by atoms with Crippen LogP contribution in [0.4, 0.5) is 15.8 Å². The van der Waals surface area contributed by atoms with Crippen LogP contribution >= 0.6 is 0 Å². The van der Waals surface area contributed by atoms with Gasteiger partial charge in [-0.15, -0.1) is 0 Å². The van der Waals surface area contributed by atoms with E-state index in [1.807, 2.05) is 19.1 Å². The SMILES string of the molecule is CCOc1ccc(S(=O)(=O)N(CC(=O)Nc2ccc(C34CC5CC(CC(C5)C3)C4)cc2)c2ccc(F)cc2)cc1. The molecule has 0 heterocycles. The van der Waals surface area contributed by atoms with E-state index in [9.17, 15) is 17.6 Å². The number of amides is 1. The molecule has 4 fully saturated rings. The van der Waals surface area contributed by atoms with Gasteiger partial charge >= 0.3 is 0 Å². The van der Waals surface area contributed by atoms with Crippen molar-refractivity contribution >= 4 is 27.3 Å². The van der Waals surface area contributed by atoms with Crippen LogP contribution in [-0.2, 0) is 20.2 Å². The Kier molecular flexibility index (Phi) is 7.07. The van der Waals surface area contributed by atoms with Gasteiger partial charge in [-0.2, -0.15) is 0 Å². The van der Waals surface area contributed by atoms with Crippen molar-refractivity contribution in [3.05, 3.63) is 84.2 Å². The van der Waals surface area contributed by atoms with Gasteiger partial charge in [0.25, 0.3) is 10.0 Å². The molecule has 40 heavy (non-hydrogen) atoms. The molecular formula is C32H35FN2O4S. The predicted molar refractivity (Wildman–Crippen MR) is 153 cm³/mol. The van der Waals surface area contributed by atoms with Gasteiger partial charge in [0.05, 0.1) is 17.2 Å². The Labute approximate surface area is 235 Å². The van der Waals surface area contributed by atoms with Crippen LogP contribution < -0.4 is 14.4 Å². The summed E-state index contributed by atoms with van der Waals surface area (Å²) in [6, 6.07) is 19.2. The second-order valence-electron chi connectivity index (χ2n) is 11.7. The molecule has 0 atom stereocenters. The second-order valence-corrected chi connectivity index (χ2v) is 13.6. The number of nitrogens with one attached hydrogen (secondary N) is 1. The number of benzene rings is 3. The maximum Gasteiger partial charge on any atom is 0.264 e. The molecule has 210 valence electrons. The van der Waals surface area contributed by atoms with Crippen molar-refractivity contribution in [3.63, 3.8) is 0 Å². The molecule has 1 N–H and O–H groups in total. The number of sulfonamides is 1. The number of nitrogens with zero attached hydrogens (tertiary/aromatic N) is 1. The van der Waals surface area contributed by atoms with Crippen LogP contribution in [0.2, 0.25) is 0 Å². The summed E-state index contributed by atoms with van der Waals surface area (Å²) < 4.78 is 47.3. The molecule has 8 heteroatoms. The topological polar surface area (TPSA) is 75.7 Å². The van der Waals surface area contributed by atoms with E-state index >= 15 is 0 Å². The van der Waals surface area contributed by atoms with Gasteiger partial charge in [-0.3, -0.25) is 9.10 Å². The first-order valence-electron chi connectivity index (χ1n) is 14.2. The zero-order chi connectivity index (χ0) is 27.9. The number of carbonyl (C=O) groups excluding carboxylic acids is 1. The molecule has 0 aliphatic heterocycles. The fourth-order valence-electron chi connectivity index (χ4n) is 7.63. The minimum atomic E-state index is -4.12. The first-order chi connectivity index (χ1) is 19.2. The first-order valence-corrected chi connectivity index (χ1v) is 15.6. The second kappa shape index (κ2) is 10.5. The fourth-order valence-corrected chi connectivity index (χ4v) is 9.05. The smallest absolute Gasteiger partial charge is 0.264 e. The van der Waals surface area contributed by atoms with Crippen molar-refractivity contribution in [2.75, 3.05) is 22.8 Å². The van der Waals surface area contributed by atoms with Crippen molar-refractivity contribution in [2.24, 2.45) is 17.8 Å². The number of anilines is 2. The zero-order valence-electron chi connectivity index (χ0n) is 22.7. The van der Waals surface area contributed by atoms with E-state index in [-0.39, 0.29) is 16.0 Å². The van der Waals surface area contributed by atoms with Crippen LogP contribution in [0.3, 0.4) is 0 Å². The summed E-state index contributed by atoms with van der Waals surface area (Å²) in [5.74, 6) is 2.11. The third-order valence-electron chi connectivity index (χ3n) is 8.94. The summed E-state index contributed by atoms with van der Waals surface area (Å²) in [4.78, 5) is 13.2. The van der Waals surface area contributed by atoms with E-state index in [2.05, 4.69) is 17.4 Å². The van der Waals surface area contributed by atoms with Crippen molar-refractivity contribution in [1.82, 2.24) is 0 Å². The zero-order valence-corrected chi connectivity index (χ0v) is 23.5. The Morgan fingerprint density at radius 2 is 1.48 bits per heavy atom. The van der Waals surface area contributed by atoms with E-state index in [0.717, 1.165) is 22.1 Å².